The van der Waals surface area contributed by atoms with Crippen LogP contribution in [0.5, 0.6) is 0 Å². The summed E-state index contributed by atoms with van der Waals surface area (Å²) in [5, 5.41) is 11.6. The van der Waals surface area contributed by atoms with Crippen molar-refractivity contribution < 1.29 is 4.79 Å². The molecule has 1 heterocycles. The largest absolute Gasteiger partial charge is 0.331 e. The summed E-state index contributed by atoms with van der Waals surface area (Å²) in [7, 11) is 0. The molecule has 0 radical (unpaired) electrons. The van der Waals surface area contributed by atoms with Gasteiger partial charge in [-0.3, -0.25) is 0 Å². The third-order valence-corrected chi connectivity index (χ3v) is 3.12. The number of nitriles is 1. The second-order valence-electron chi connectivity index (χ2n) is 4.53. The number of nitrogens with zero attached hydrogens (tertiary/aromatic N) is 2. The summed E-state index contributed by atoms with van der Waals surface area (Å²) in [6.45, 7) is 6.55. The van der Waals surface area contributed by atoms with Crippen molar-refractivity contribution in [2.75, 3.05) is 6.54 Å². The minimum atomic E-state index is -0.308. The van der Waals surface area contributed by atoms with Crippen molar-refractivity contribution >= 4 is 6.03 Å². The van der Waals surface area contributed by atoms with E-state index in [2.05, 4.69) is 24.4 Å². The van der Waals surface area contributed by atoms with E-state index in [0.29, 0.717) is 6.54 Å². The van der Waals surface area contributed by atoms with E-state index in [0.717, 1.165) is 21.6 Å². The summed E-state index contributed by atoms with van der Waals surface area (Å²) in [4.78, 5) is 12.6. The molecule has 4 heteroatoms. The second-order valence-corrected chi connectivity index (χ2v) is 4.53. The van der Waals surface area contributed by atoms with Gasteiger partial charge in [-0.1, -0.05) is 17.7 Å². The van der Waals surface area contributed by atoms with E-state index in [1.54, 1.807) is 0 Å². The standard InChI is InChI=1S/C13H15N3O/c1-8-4-9(2)12(10(3)5-8)11-6-16(7-14)13(17)15-11/h4-5,11H,6H2,1-3H3,(H,15,17). The Morgan fingerprint density at radius 3 is 2.41 bits per heavy atom. The Bertz CT molecular complexity index is 493. The van der Waals surface area contributed by atoms with E-state index < -0.39 is 0 Å². The second kappa shape index (κ2) is 4.10. The average Bonchev–Trinajstić information content (AvgIpc) is 2.57. The molecule has 1 aromatic rings. The van der Waals surface area contributed by atoms with Crippen LogP contribution in [0.1, 0.15) is 28.3 Å². The molecule has 2 amide bonds. The summed E-state index contributed by atoms with van der Waals surface area (Å²) in [5.41, 5.74) is 4.66. The van der Waals surface area contributed by atoms with E-state index in [1.165, 1.54) is 5.56 Å². The van der Waals surface area contributed by atoms with Gasteiger partial charge >= 0.3 is 6.03 Å². The number of hydrogen-bond acceptors (Lipinski definition) is 2. The zero-order valence-corrected chi connectivity index (χ0v) is 10.2. The van der Waals surface area contributed by atoms with Crippen LogP contribution in [0, 0.1) is 32.2 Å². The number of carbonyl (C=O) groups is 1. The molecule has 1 N–H and O–H groups in total. The number of benzene rings is 1. The molecular weight excluding hydrogens is 214 g/mol. The normalized spacial score (nSPS) is 19.1. The third-order valence-electron chi connectivity index (χ3n) is 3.12. The van der Waals surface area contributed by atoms with Crippen LogP contribution in [0.15, 0.2) is 12.1 Å². The van der Waals surface area contributed by atoms with E-state index in [1.807, 2.05) is 20.0 Å². The topological polar surface area (TPSA) is 56.1 Å². The van der Waals surface area contributed by atoms with Crippen LogP contribution >= 0.6 is 0 Å². The van der Waals surface area contributed by atoms with Crippen molar-refractivity contribution in [1.29, 1.82) is 5.26 Å². The molecule has 1 saturated heterocycles. The highest BCUT2D eigenvalue weighted by molar-refractivity contribution is 5.79. The molecule has 1 atom stereocenters. The fourth-order valence-corrected chi connectivity index (χ4v) is 2.53. The van der Waals surface area contributed by atoms with Crippen molar-refractivity contribution in [3.63, 3.8) is 0 Å². The average molecular weight is 229 g/mol. The number of urea groups is 1. The van der Waals surface area contributed by atoms with Gasteiger partial charge in [0.1, 0.15) is 0 Å². The van der Waals surface area contributed by atoms with Crippen molar-refractivity contribution in [1.82, 2.24) is 10.2 Å². The number of hydrogen-bond donors (Lipinski definition) is 1. The quantitative estimate of drug-likeness (QED) is 0.750. The maximum atomic E-state index is 11.5. The Morgan fingerprint density at radius 1 is 1.35 bits per heavy atom. The van der Waals surface area contributed by atoms with Crippen molar-refractivity contribution in [3.05, 3.63) is 34.4 Å². The van der Waals surface area contributed by atoms with E-state index >= 15 is 0 Å². The molecule has 1 unspecified atom stereocenters. The van der Waals surface area contributed by atoms with Crippen LogP contribution in [0.2, 0.25) is 0 Å². The Balaban J connectivity index is 2.37. The minimum Gasteiger partial charge on any atom is -0.328 e. The first-order valence-corrected chi connectivity index (χ1v) is 5.58. The predicted molar refractivity (Wildman–Crippen MR) is 64.2 cm³/mol. The molecule has 17 heavy (non-hydrogen) atoms. The summed E-state index contributed by atoms with van der Waals surface area (Å²) >= 11 is 0. The van der Waals surface area contributed by atoms with Gasteiger partial charge in [-0.05, 0) is 37.5 Å². The lowest BCUT2D eigenvalue weighted by molar-refractivity contribution is 0.232. The molecule has 2 rings (SSSR count). The van der Waals surface area contributed by atoms with Crippen molar-refractivity contribution in [2.45, 2.75) is 26.8 Å². The van der Waals surface area contributed by atoms with Gasteiger partial charge in [-0.25, -0.2) is 9.69 Å². The summed E-state index contributed by atoms with van der Waals surface area (Å²) in [6, 6.07) is 3.81. The lowest BCUT2D eigenvalue weighted by Crippen LogP contribution is -2.24. The van der Waals surface area contributed by atoms with E-state index in [4.69, 9.17) is 5.26 Å². The highest BCUT2D eigenvalue weighted by Crippen LogP contribution is 2.27. The number of aryl methyl sites for hydroxylation is 3. The monoisotopic (exact) mass is 229 g/mol. The summed E-state index contributed by atoms with van der Waals surface area (Å²) in [6.07, 6.45) is 1.89. The molecule has 0 saturated carbocycles. The van der Waals surface area contributed by atoms with Gasteiger partial charge < -0.3 is 5.32 Å². The van der Waals surface area contributed by atoms with Crippen LogP contribution in [-0.4, -0.2) is 17.5 Å². The van der Waals surface area contributed by atoms with Crippen LogP contribution in [0.25, 0.3) is 0 Å². The van der Waals surface area contributed by atoms with Gasteiger partial charge in [0.15, 0.2) is 6.19 Å². The van der Waals surface area contributed by atoms with Gasteiger partial charge in [0.2, 0.25) is 0 Å². The molecule has 0 aliphatic carbocycles. The maximum Gasteiger partial charge on any atom is 0.331 e. The van der Waals surface area contributed by atoms with Gasteiger partial charge in [0, 0.05) is 0 Å². The minimum absolute atomic E-state index is 0.0808. The third kappa shape index (κ3) is 1.96. The lowest BCUT2D eigenvalue weighted by Gasteiger charge is -2.16. The van der Waals surface area contributed by atoms with Gasteiger partial charge in [-0.15, -0.1) is 0 Å². The Hall–Kier alpha value is -2.02. The molecule has 88 valence electrons. The van der Waals surface area contributed by atoms with Gasteiger partial charge in [0.25, 0.3) is 0 Å². The number of carbonyl (C=O) groups excluding carboxylic acids is 1. The lowest BCUT2D eigenvalue weighted by atomic mass is 9.94. The zero-order valence-electron chi connectivity index (χ0n) is 10.2. The molecule has 0 spiro atoms. The van der Waals surface area contributed by atoms with Crippen LogP contribution in [0.3, 0.4) is 0 Å². The molecule has 0 aromatic heterocycles. The summed E-state index contributed by atoms with van der Waals surface area (Å²) in [5.74, 6) is 0. The summed E-state index contributed by atoms with van der Waals surface area (Å²) < 4.78 is 0. The first-order chi connectivity index (χ1) is 8.02. The number of nitrogens with one attached hydrogen (secondary N) is 1. The van der Waals surface area contributed by atoms with E-state index in [-0.39, 0.29) is 12.1 Å². The van der Waals surface area contributed by atoms with Crippen molar-refractivity contribution in [3.8, 4) is 6.19 Å². The maximum absolute atomic E-state index is 11.5. The molecular formula is C13H15N3O. The Labute approximate surface area is 101 Å². The van der Waals surface area contributed by atoms with Crippen LogP contribution in [0.4, 0.5) is 4.79 Å². The molecule has 1 aliphatic rings. The first-order valence-electron chi connectivity index (χ1n) is 5.58. The van der Waals surface area contributed by atoms with Crippen LogP contribution < -0.4 is 5.32 Å². The van der Waals surface area contributed by atoms with Crippen molar-refractivity contribution in [2.24, 2.45) is 0 Å². The highest BCUT2D eigenvalue weighted by atomic mass is 16.2. The SMILES string of the molecule is Cc1cc(C)c(C2CN(C#N)C(=O)N2)c(C)c1. The predicted octanol–water partition coefficient (Wildman–Crippen LogP) is 2.16. The van der Waals surface area contributed by atoms with Gasteiger partial charge in [-0.2, -0.15) is 5.26 Å². The first kappa shape index (κ1) is 11.5. The fraction of sp³-hybridized carbons (Fsp3) is 0.385. The van der Waals surface area contributed by atoms with Crippen LogP contribution in [-0.2, 0) is 0 Å². The molecule has 1 aliphatic heterocycles. The smallest absolute Gasteiger partial charge is 0.328 e. The molecule has 1 fully saturated rings. The molecule has 1 aromatic carbocycles. The highest BCUT2D eigenvalue weighted by Gasteiger charge is 2.31. The Kier molecular flexibility index (Phi) is 2.76. The molecule has 4 nitrogen and oxygen atoms in total. The number of rotatable bonds is 1. The fourth-order valence-electron chi connectivity index (χ4n) is 2.53. The zero-order chi connectivity index (χ0) is 12.6. The van der Waals surface area contributed by atoms with E-state index in [9.17, 15) is 4.79 Å². The van der Waals surface area contributed by atoms with Gasteiger partial charge in [0.05, 0.1) is 12.6 Å². The molecule has 0 bridgehead atoms. The number of amides is 2. The Morgan fingerprint density at radius 2 is 1.94 bits per heavy atom.